The second-order valence-corrected chi connectivity index (χ2v) is 3.07. The number of hydrogen-bond donors (Lipinski definition) is 3. The minimum atomic E-state index is -0.852. The summed E-state index contributed by atoms with van der Waals surface area (Å²) in [6, 6.07) is 8.96. The first-order chi connectivity index (χ1) is 8.61. The van der Waals surface area contributed by atoms with Gasteiger partial charge in [-0.05, 0) is 0 Å². The van der Waals surface area contributed by atoms with Crippen molar-refractivity contribution >= 4 is 6.03 Å². The molecule has 0 spiro atoms. The number of primary amides is 1. The number of carbonyl (C=O) groups excluding carboxylic acids is 1. The fourth-order valence-electron chi connectivity index (χ4n) is 0.975. The Morgan fingerprint density at radius 1 is 1.06 bits per heavy atom. The molecule has 0 saturated heterocycles. The smallest absolute Gasteiger partial charge is 0.343 e. The van der Waals surface area contributed by atoms with Crippen LogP contribution >= 0.6 is 0 Å². The summed E-state index contributed by atoms with van der Waals surface area (Å²) in [6.45, 7) is 0. The van der Waals surface area contributed by atoms with Crippen molar-refractivity contribution in [1.29, 1.82) is 0 Å². The Bertz CT molecular complexity index is 437. The second kappa shape index (κ2) is 6.89. The molecule has 2 aromatic rings. The van der Waals surface area contributed by atoms with Gasteiger partial charge >= 0.3 is 6.03 Å². The number of rotatable bonds is 1. The van der Waals surface area contributed by atoms with E-state index in [1.165, 1.54) is 12.7 Å². The molecule has 0 saturated carbocycles. The van der Waals surface area contributed by atoms with Crippen molar-refractivity contribution in [2.75, 3.05) is 0 Å². The summed E-state index contributed by atoms with van der Waals surface area (Å²) in [5.41, 5.74) is 5.49. The zero-order valence-electron chi connectivity index (χ0n) is 9.47. The molecule has 1 aromatic heterocycles. The average molecular weight is 247 g/mol. The Hall–Kier alpha value is -2.58. The van der Waals surface area contributed by atoms with Gasteiger partial charge in [-0.25, -0.2) is 31.4 Å². The lowest BCUT2D eigenvalue weighted by atomic mass is 10.2. The predicted molar refractivity (Wildman–Crippen MR) is 65.1 cm³/mol. The van der Waals surface area contributed by atoms with E-state index < -0.39 is 6.03 Å². The summed E-state index contributed by atoms with van der Waals surface area (Å²) in [5.74, 6) is 9.86. The van der Waals surface area contributed by atoms with E-state index in [4.69, 9.17) is 0 Å². The fourth-order valence-corrected chi connectivity index (χ4v) is 0.975. The summed E-state index contributed by atoms with van der Waals surface area (Å²) in [5, 5.41) is 0.306. The number of nitrogens with two attached hydrogens (primary N) is 3. The Balaban J connectivity index is 0.000000232. The van der Waals surface area contributed by atoms with Crippen molar-refractivity contribution in [2.45, 2.75) is 0 Å². The number of benzene rings is 1. The van der Waals surface area contributed by atoms with Gasteiger partial charge in [-0.1, -0.05) is 30.3 Å². The minimum Gasteiger partial charge on any atom is -0.349 e. The molecule has 18 heavy (non-hydrogen) atoms. The molecule has 0 aliphatic heterocycles. The van der Waals surface area contributed by atoms with Crippen LogP contribution in [0.15, 0.2) is 43.0 Å². The number of nitrogens with zero attached hydrogens (tertiary/aromatic N) is 4. The van der Waals surface area contributed by atoms with Crippen LogP contribution in [0.3, 0.4) is 0 Å². The first kappa shape index (κ1) is 13.5. The third kappa shape index (κ3) is 4.51. The van der Waals surface area contributed by atoms with E-state index in [1.807, 2.05) is 30.3 Å². The Morgan fingerprint density at radius 3 is 2.00 bits per heavy atom. The number of hydrazine groups is 2. The monoisotopic (exact) mass is 247 g/mol. The fraction of sp³-hybridized carbons (Fsp3) is 0. The van der Waals surface area contributed by atoms with Crippen molar-refractivity contribution in [3.63, 3.8) is 0 Å². The molecule has 1 aromatic carbocycles. The topological polar surface area (TPSA) is 137 Å². The van der Waals surface area contributed by atoms with Crippen LogP contribution in [0, 0.1) is 0 Å². The second-order valence-electron chi connectivity index (χ2n) is 3.07. The molecular formula is C10H13N7O. The van der Waals surface area contributed by atoms with Gasteiger partial charge in [-0.15, -0.1) is 0 Å². The van der Waals surface area contributed by atoms with Gasteiger partial charge in [0.05, 0.1) is 0 Å². The third-order valence-electron chi connectivity index (χ3n) is 1.78. The first-order valence-electron chi connectivity index (χ1n) is 4.87. The normalized spacial score (nSPS) is 9.00. The molecule has 0 radical (unpaired) electrons. The van der Waals surface area contributed by atoms with Gasteiger partial charge in [0.1, 0.15) is 12.7 Å². The van der Waals surface area contributed by atoms with E-state index in [0.717, 1.165) is 5.56 Å². The van der Waals surface area contributed by atoms with Crippen molar-refractivity contribution in [3.05, 3.63) is 43.0 Å². The summed E-state index contributed by atoms with van der Waals surface area (Å²) in [4.78, 5) is 21.4. The van der Waals surface area contributed by atoms with Crippen LogP contribution in [-0.4, -0.2) is 26.1 Å². The molecule has 0 bridgehead atoms. The molecule has 8 heteroatoms. The Kier molecular flexibility index (Phi) is 5.16. The zero-order chi connectivity index (χ0) is 13.4. The lowest BCUT2D eigenvalue weighted by Gasteiger charge is -2.00. The lowest BCUT2D eigenvalue weighted by Crippen LogP contribution is -2.46. The van der Waals surface area contributed by atoms with E-state index in [9.17, 15) is 4.79 Å². The number of amides is 2. The van der Waals surface area contributed by atoms with Gasteiger partial charge in [-0.3, -0.25) is 0 Å². The van der Waals surface area contributed by atoms with Crippen LogP contribution in [0.25, 0.3) is 11.4 Å². The summed E-state index contributed by atoms with van der Waals surface area (Å²) >= 11 is 0. The molecular weight excluding hydrogens is 234 g/mol. The minimum absolute atomic E-state index is 0.306. The van der Waals surface area contributed by atoms with E-state index in [1.54, 1.807) is 0 Å². The van der Waals surface area contributed by atoms with Crippen molar-refractivity contribution in [1.82, 2.24) is 20.1 Å². The molecule has 94 valence electrons. The molecule has 1 heterocycles. The van der Waals surface area contributed by atoms with Gasteiger partial charge in [0.15, 0.2) is 5.82 Å². The molecule has 2 rings (SSSR count). The molecule has 2 amide bonds. The standard InChI is InChI=1S/C9H7N3.CH6N4O/c1-2-4-8(5-3-1)9-11-6-10-7-12-9;2-1(6)5(3)4/h1-7H;3-4H2,(H2,2,6). The maximum Gasteiger partial charge on any atom is 0.343 e. The van der Waals surface area contributed by atoms with E-state index in [0.29, 0.717) is 10.9 Å². The van der Waals surface area contributed by atoms with Crippen LogP contribution in [-0.2, 0) is 0 Å². The number of urea groups is 1. The zero-order valence-corrected chi connectivity index (χ0v) is 9.47. The van der Waals surface area contributed by atoms with E-state index in [-0.39, 0.29) is 0 Å². The SMILES string of the molecule is NC(=O)N(N)N.c1ccc(-c2ncncn2)cc1. The highest BCUT2D eigenvalue weighted by molar-refractivity contribution is 5.70. The summed E-state index contributed by atoms with van der Waals surface area (Å²) < 4.78 is 0. The Morgan fingerprint density at radius 2 is 1.56 bits per heavy atom. The van der Waals surface area contributed by atoms with Crippen LogP contribution in [0.5, 0.6) is 0 Å². The average Bonchev–Trinajstić information content (AvgIpc) is 2.41. The third-order valence-corrected chi connectivity index (χ3v) is 1.78. The van der Waals surface area contributed by atoms with Gasteiger partial charge in [0.2, 0.25) is 0 Å². The quantitative estimate of drug-likeness (QED) is 0.358. The maximum absolute atomic E-state index is 9.60. The summed E-state index contributed by atoms with van der Waals surface area (Å²) in [6.07, 6.45) is 2.99. The van der Waals surface area contributed by atoms with Crippen molar-refractivity contribution < 1.29 is 4.79 Å². The molecule has 0 atom stereocenters. The van der Waals surface area contributed by atoms with Gasteiger partial charge in [0.25, 0.3) is 0 Å². The number of carbonyl (C=O) groups is 1. The number of hydrogen-bond acceptors (Lipinski definition) is 6. The predicted octanol–water partition coefficient (Wildman–Crippen LogP) is -0.347. The van der Waals surface area contributed by atoms with E-state index in [2.05, 4.69) is 32.4 Å². The molecule has 0 unspecified atom stereocenters. The van der Waals surface area contributed by atoms with Gasteiger partial charge < -0.3 is 5.73 Å². The van der Waals surface area contributed by atoms with Crippen molar-refractivity contribution in [2.24, 2.45) is 17.4 Å². The lowest BCUT2D eigenvalue weighted by molar-refractivity contribution is 0.210. The van der Waals surface area contributed by atoms with E-state index >= 15 is 0 Å². The maximum atomic E-state index is 9.60. The summed E-state index contributed by atoms with van der Waals surface area (Å²) in [7, 11) is 0. The van der Waals surface area contributed by atoms with Gasteiger partial charge in [0, 0.05) is 5.56 Å². The van der Waals surface area contributed by atoms with Crippen LogP contribution in [0.1, 0.15) is 0 Å². The van der Waals surface area contributed by atoms with Crippen LogP contribution < -0.4 is 17.4 Å². The molecule has 6 N–H and O–H groups in total. The van der Waals surface area contributed by atoms with Crippen LogP contribution in [0.4, 0.5) is 4.79 Å². The van der Waals surface area contributed by atoms with Crippen molar-refractivity contribution in [3.8, 4) is 11.4 Å². The highest BCUT2D eigenvalue weighted by atomic mass is 16.2. The highest BCUT2D eigenvalue weighted by Crippen LogP contribution is 2.10. The molecule has 0 aliphatic rings. The van der Waals surface area contributed by atoms with Crippen LogP contribution in [0.2, 0.25) is 0 Å². The first-order valence-corrected chi connectivity index (χ1v) is 4.87. The largest absolute Gasteiger partial charge is 0.349 e. The van der Waals surface area contributed by atoms with Gasteiger partial charge in [-0.2, -0.15) is 5.12 Å². The Labute approximate surface area is 103 Å². The molecule has 0 aliphatic carbocycles. The molecule has 0 fully saturated rings. The molecule has 8 nitrogen and oxygen atoms in total. The number of aromatic nitrogens is 3. The highest BCUT2D eigenvalue weighted by Gasteiger charge is 1.95.